The Morgan fingerprint density at radius 1 is 1.13 bits per heavy atom. The largest absolute Gasteiger partial charge is 0.463 e. The van der Waals surface area contributed by atoms with Crippen molar-refractivity contribution in [2.45, 2.75) is 90.3 Å². The summed E-state index contributed by atoms with van der Waals surface area (Å²) in [6.45, 7) is 7.48. The standard InChI is InChI=1S/C37H40ClF3N8O3/c1-35(2,3)19-37(23-6-9-25(27(39)14-23)22-16-44-47(17-22)24-7-8-24)33(51)48(34(42)46-37)29(18-52-30(50)15-36(4)11-12-36)21-5-10-26(38)28(13-21)49-32(31(40)41)43-20-45-49/h5-6,9-10,13-14,16-17,20,24,29,31H,7-8,11-12,15,18-19H2,1-4H3,(H2,42,46)/t29-,37-/m1/s1. The Kier molecular flexibility index (Phi) is 8.95. The number of hydrogen-bond acceptors (Lipinski definition) is 8. The molecule has 0 bridgehead atoms. The Morgan fingerprint density at radius 3 is 2.54 bits per heavy atom. The van der Waals surface area contributed by atoms with Crippen molar-refractivity contribution < 1.29 is 27.5 Å². The van der Waals surface area contributed by atoms with Crippen LogP contribution in [-0.4, -0.2) is 53.9 Å². The predicted octanol–water partition coefficient (Wildman–Crippen LogP) is 7.46. The number of aliphatic imine (C=N–C) groups is 1. The second kappa shape index (κ2) is 13.0. The molecule has 7 rings (SSSR count). The van der Waals surface area contributed by atoms with Gasteiger partial charge in [-0.2, -0.15) is 10.2 Å². The molecule has 4 aromatic rings. The fourth-order valence-corrected chi connectivity index (χ4v) is 7.06. The van der Waals surface area contributed by atoms with E-state index >= 15 is 4.39 Å². The highest BCUT2D eigenvalue weighted by Gasteiger charge is 2.53. The van der Waals surface area contributed by atoms with Crippen LogP contribution in [0.4, 0.5) is 13.2 Å². The zero-order valence-electron chi connectivity index (χ0n) is 29.3. The van der Waals surface area contributed by atoms with Crippen LogP contribution in [-0.2, 0) is 19.9 Å². The molecule has 0 unspecified atom stereocenters. The van der Waals surface area contributed by atoms with Gasteiger partial charge in [0.2, 0.25) is 0 Å². The van der Waals surface area contributed by atoms with Gasteiger partial charge in [0.25, 0.3) is 12.3 Å². The highest BCUT2D eigenvalue weighted by molar-refractivity contribution is 6.32. The number of benzene rings is 2. The van der Waals surface area contributed by atoms with Crippen molar-refractivity contribution in [2.75, 3.05) is 6.61 Å². The van der Waals surface area contributed by atoms with Crippen molar-refractivity contribution in [1.29, 1.82) is 0 Å². The maximum atomic E-state index is 16.0. The number of aromatic nitrogens is 5. The van der Waals surface area contributed by atoms with Crippen molar-refractivity contribution in [3.8, 4) is 16.8 Å². The molecule has 2 N–H and O–H groups in total. The lowest BCUT2D eigenvalue weighted by molar-refractivity contribution is -0.148. The number of guanidine groups is 1. The molecule has 274 valence electrons. The predicted molar refractivity (Wildman–Crippen MR) is 187 cm³/mol. The fraction of sp³-hybridized carbons (Fsp3) is 0.459. The average Bonchev–Trinajstić information content (AvgIpc) is 3.90. The third kappa shape index (κ3) is 6.92. The molecule has 2 aliphatic carbocycles. The van der Waals surface area contributed by atoms with E-state index in [1.807, 2.05) is 38.6 Å². The van der Waals surface area contributed by atoms with Gasteiger partial charge in [0, 0.05) is 17.3 Å². The van der Waals surface area contributed by atoms with E-state index in [2.05, 4.69) is 15.2 Å². The number of rotatable bonds is 12. The zero-order valence-corrected chi connectivity index (χ0v) is 30.1. The van der Waals surface area contributed by atoms with Gasteiger partial charge in [0.1, 0.15) is 18.8 Å². The van der Waals surface area contributed by atoms with E-state index in [-0.39, 0.29) is 41.5 Å². The van der Waals surface area contributed by atoms with Crippen LogP contribution in [0.5, 0.6) is 0 Å². The van der Waals surface area contributed by atoms with Gasteiger partial charge in [-0.15, -0.1) is 0 Å². The van der Waals surface area contributed by atoms with E-state index in [4.69, 9.17) is 27.1 Å². The Balaban J connectivity index is 1.28. The number of hydrogen-bond donors (Lipinski definition) is 1. The van der Waals surface area contributed by atoms with Crippen LogP contribution in [0, 0.1) is 16.6 Å². The SMILES string of the molecule is CC(C)(C)C[C@]1(c2ccc(-c3cnn(C4CC4)c3)c(F)c2)N=C(N)N([C@H](COC(=O)CC2(C)CC2)c2ccc(Cl)c(-n3ncnc3C(F)F)c2)C1=O. The van der Waals surface area contributed by atoms with Crippen molar-refractivity contribution in [1.82, 2.24) is 29.4 Å². The van der Waals surface area contributed by atoms with Gasteiger partial charge in [-0.1, -0.05) is 57.5 Å². The van der Waals surface area contributed by atoms with Crippen LogP contribution < -0.4 is 5.73 Å². The third-order valence-corrected chi connectivity index (χ3v) is 10.3. The Bertz CT molecular complexity index is 2070. The van der Waals surface area contributed by atoms with Crippen LogP contribution in [0.25, 0.3) is 16.8 Å². The van der Waals surface area contributed by atoms with E-state index < -0.39 is 46.9 Å². The van der Waals surface area contributed by atoms with E-state index in [1.165, 1.54) is 23.1 Å². The molecule has 3 aliphatic rings. The molecule has 0 saturated heterocycles. The molecular weight excluding hydrogens is 697 g/mol. The summed E-state index contributed by atoms with van der Waals surface area (Å²) < 4.78 is 52.3. The number of nitrogens with two attached hydrogens (primary N) is 1. The summed E-state index contributed by atoms with van der Waals surface area (Å²) >= 11 is 6.49. The minimum atomic E-state index is -2.95. The summed E-state index contributed by atoms with van der Waals surface area (Å²) in [6.07, 6.45) is 5.68. The lowest BCUT2D eigenvalue weighted by Gasteiger charge is -2.35. The number of esters is 1. The van der Waals surface area contributed by atoms with Crippen LogP contribution in [0.1, 0.15) is 102 Å². The molecule has 2 aromatic heterocycles. The third-order valence-electron chi connectivity index (χ3n) is 9.93. The van der Waals surface area contributed by atoms with Gasteiger partial charge in [0.05, 0.1) is 35.4 Å². The monoisotopic (exact) mass is 736 g/mol. The Morgan fingerprint density at radius 2 is 1.88 bits per heavy atom. The number of nitrogens with zero attached hydrogens (tertiary/aromatic N) is 7. The van der Waals surface area contributed by atoms with Crippen LogP contribution in [0.2, 0.25) is 5.02 Å². The molecule has 3 heterocycles. The van der Waals surface area contributed by atoms with Crippen molar-refractivity contribution in [3.05, 3.63) is 82.9 Å². The van der Waals surface area contributed by atoms with Gasteiger partial charge in [-0.25, -0.2) is 27.8 Å². The Labute approximate surface area is 304 Å². The van der Waals surface area contributed by atoms with E-state index in [0.29, 0.717) is 28.3 Å². The topological polar surface area (TPSA) is 134 Å². The second-order valence-corrected chi connectivity index (χ2v) is 16.0. The van der Waals surface area contributed by atoms with Crippen LogP contribution >= 0.6 is 11.6 Å². The smallest absolute Gasteiger partial charge is 0.306 e. The van der Waals surface area contributed by atoms with E-state index in [1.54, 1.807) is 24.4 Å². The fourth-order valence-electron chi connectivity index (χ4n) is 6.86. The molecular formula is C37H40ClF3N8O3. The quantitative estimate of drug-likeness (QED) is 0.149. The number of ether oxygens (including phenoxy) is 1. The molecule has 2 atom stereocenters. The summed E-state index contributed by atoms with van der Waals surface area (Å²) in [5.41, 5.74) is 6.03. The number of alkyl halides is 2. The summed E-state index contributed by atoms with van der Waals surface area (Å²) in [5.74, 6) is -2.38. The second-order valence-electron chi connectivity index (χ2n) is 15.6. The molecule has 52 heavy (non-hydrogen) atoms. The lowest BCUT2D eigenvalue weighted by atomic mass is 9.75. The van der Waals surface area contributed by atoms with Gasteiger partial charge in [-0.3, -0.25) is 19.2 Å². The lowest BCUT2D eigenvalue weighted by Crippen LogP contribution is -2.47. The minimum Gasteiger partial charge on any atom is -0.463 e. The highest BCUT2D eigenvalue weighted by Crippen LogP contribution is 2.49. The van der Waals surface area contributed by atoms with Crippen molar-refractivity contribution >= 4 is 29.4 Å². The normalized spacial score (nSPS) is 20.4. The van der Waals surface area contributed by atoms with Gasteiger partial charge in [-0.05, 0) is 72.3 Å². The summed E-state index contributed by atoms with van der Waals surface area (Å²) in [5, 5.41) is 8.44. The highest BCUT2D eigenvalue weighted by atomic mass is 35.5. The van der Waals surface area contributed by atoms with Gasteiger partial charge in [0.15, 0.2) is 17.3 Å². The molecule has 2 fully saturated rings. The molecule has 0 radical (unpaired) electrons. The molecule has 1 aliphatic heterocycles. The van der Waals surface area contributed by atoms with E-state index in [9.17, 15) is 18.4 Å². The average molecular weight is 737 g/mol. The zero-order chi connectivity index (χ0) is 37.2. The number of halogens is 4. The summed E-state index contributed by atoms with van der Waals surface area (Å²) in [7, 11) is 0. The first-order chi connectivity index (χ1) is 24.6. The van der Waals surface area contributed by atoms with Crippen LogP contribution in [0.15, 0.2) is 60.1 Å². The number of carbonyl (C=O) groups excluding carboxylic acids is 2. The molecule has 2 aromatic carbocycles. The summed E-state index contributed by atoms with van der Waals surface area (Å²) in [4.78, 5) is 37.7. The molecule has 2 saturated carbocycles. The first kappa shape index (κ1) is 35.7. The van der Waals surface area contributed by atoms with Gasteiger partial charge < -0.3 is 10.5 Å². The van der Waals surface area contributed by atoms with Gasteiger partial charge >= 0.3 is 5.97 Å². The number of amides is 1. The van der Waals surface area contributed by atoms with E-state index in [0.717, 1.165) is 36.7 Å². The molecule has 0 spiro atoms. The number of carbonyl (C=O) groups is 2. The summed E-state index contributed by atoms with van der Waals surface area (Å²) in [6, 6.07) is 8.41. The van der Waals surface area contributed by atoms with Crippen LogP contribution in [0.3, 0.4) is 0 Å². The molecule has 11 nitrogen and oxygen atoms in total. The maximum absolute atomic E-state index is 16.0. The molecule has 1 amide bonds. The first-order valence-electron chi connectivity index (χ1n) is 17.2. The minimum absolute atomic E-state index is 0.0690. The Hall–Kier alpha value is -4.72. The molecule has 15 heteroatoms. The maximum Gasteiger partial charge on any atom is 0.306 e. The van der Waals surface area contributed by atoms with Crippen molar-refractivity contribution in [3.63, 3.8) is 0 Å². The van der Waals surface area contributed by atoms with Crippen molar-refractivity contribution in [2.24, 2.45) is 21.6 Å². The first-order valence-corrected chi connectivity index (χ1v) is 17.6.